The van der Waals surface area contributed by atoms with Crippen molar-refractivity contribution in [2.45, 2.75) is 26.2 Å². The van der Waals surface area contributed by atoms with Gasteiger partial charge in [-0.15, -0.1) is 0 Å². The summed E-state index contributed by atoms with van der Waals surface area (Å²) in [6, 6.07) is 0. The van der Waals surface area contributed by atoms with Gasteiger partial charge in [0.15, 0.2) is 0 Å². The molecule has 1 unspecified atom stereocenters. The molecule has 4 N–H and O–H groups in total. The zero-order valence-corrected chi connectivity index (χ0v) is 7.60. The van der Waals surface area contributed by atoms with Gasteiger partial charge in [0.1, 0.15) is 5.92 Å². The first-order valence-corrected chi connectivity index (χ1v) is 3.74. The van der Waals surface area contributed by atoms with Crippen LogP contribution in [0.5, 0.6) is 0 Å². The van der Waals surface area contributed by atoms with Crippen molar-refractivity contribution in [2.24, 2.45) is 5.92 Å². The Bertz CT molecular complexity index is 109. The van der Waals surface area contributed by atoms with Crippen molar-refractivity contribution >= 4 is 5.97 Å². The topological polar surface area (TPSA) is 64.9 Å². The third-order valence-corrected chi connectivity index (χ3v) is 1.60. The molecular formula is C7H16ClNO2. The van der Waals surface area contributed by atoms with Crippen LogP contribution >= 0.6 is 0 Å². The lowest BCUT2D eigenvalue weighted by molar-refractivity contribution is -0.377. The van der Waals surface area contributed by atoms with Crippen LogP contribution in [-0.4, -0.2) is 17.6 Å². The summed E-state index contributed by atoms with van der Waals surface area (Å²) in [5, 5.41) is 8.56. The van der Waals surface area contributed by atoms with Crippen molar-refractivity contribution in [1.82, 2.24) is 0 Å². The highest BCUT2D eigenvalue weighted by molar-refractivity contribution is 5.69. The Balaban J connectivity index is 0. The number of quaternary nitrogens is 1. The van der Waals surface area contributed by atoms with Gasteiger partial charge in [-0.1, -0.05) is 19.8 Å². The normalized spacial score (nSPS) is 11.8. The molecule has 0 aliphatic heterocycles. The first-order chi connectivity index (χ1) is 4.72. The minimum absolute atomic E-state index is 0. The SMILES string of the molecule is CCCCC(C[NH3+])C(=O)O.[Cl-]. The van der Waals surface area contributed by atoms with Crippen molar-refractivity contribution in [3.63, 3.8) is 0 Å². The number of hydrogen-bond acceptors (Lipinski definition) is 1. The Morgan fingerprint density at radius 1 is 1.64 bits per heavy atom. The highest BCUT2D eigenvalue weighted by Gasteiger charge is 2.15. The van der Waals surface area contributed by atoms with Crippen molar-refractivity contribution < 1.29 is 28.0 Å². The summed E-state index contributed by atoms with van der Waals surface area (Å²) in [5.41, 5.74) is 3.58. The highest BCUT2D eigenvalue weighted by atomic mass is 35.5. The van der Waals surface area contributed by atoms with Crippen LogP contribution in [0.4, 0.5) is 0 Å². The number of carboxylic acids is 1. The van der Waals surface area contributed by atoms with Crippen LogP contribution in [0.2, 0.25) is 0 Å². The maximum Gasteiger partial charge on any atom is 0.312 e. The molecule has 3 nitrogen and oxygen atoms in total. The molecule has 68 valence electrons. The van der Waals surface area contributed by atoms with Crippen molar-refractivity contribution in [3.05, 3.63) is 0 Å². The molecule has 0 amide bonds. The standard InChI is InChI=1S/C7H15NO2.ClH/c1-2-3-4-6(5-8)7(9)10;/h6H,2-5,8H2,1H3,(H,9,10);1H. The van der Waals surface area contributed by atoms with Gasteiger partial charge in [0, 0.05) is 0 Å². The summed E-state index contributed by atoms with van der Waals surface area (Å²) in [6.45, 7) is 2.57. The molecule has 0 aromatic heterocycles. The van der Waals surface area contributed by atoms with Gasteiger partial charge in [-0.3, -0.25) is 4.79 Å². The Hall–Kier alpha value is -0.280. The monoisotopic (exact) mass is 181 g/mol. The van der Waals surface area contributed by atoms with Crippen LogP contribution in [-0.2, 0) is 4.79 Å². The molecule has 0 saturated carbocycles. The Labute approximate surface area is 73.4 Å². The van der Waals surface area contributed by atoms with E-state index in [1.165, 1.54) is 0 Å². The molecule has 0 radical (unpaired) electrons. The molecule has 0 saturated heterocycles. The zero-order valence-electron chi connectivity index (χ0n) is 6.85. The second kappa shape index (κ2) is 7.82. The van der Waals surface area contributed by atoms with Crippen LogP contribution in [0.15, 0.2) is 0 Å². The summed E-state index contributed by atoms with van der Waals surface area (Å²) >= 11 is 0. The van der Waals surface area contributed by atoms with E-state index in [0.29, 0.717) is 6.54 Å². The molecule has 1 atom stereocenters. The van der Waals surface area contributed by atoms with Gasteiger partial charge < -0.3 is 23.2 Å². The van der Waals surface area contributed by atoms with Gasteiger partial charge >= 0.3 is 5.97 Å². The third-order valence-electron chi connectivity index (χ3n) is 1.60. The third kappa shape index (κ3) is 6.13. The number of carboxylic acid groups (broad SMARTS) is 1. The molecule has 0 aliphatic carbocycles. The van der Waals surface area contributed by atoms with Crippen LogP contribution in [0.1, 0.15) is 26.2 Å². The van der Waals surface area contributed by atoms with Crippen LogP contribution in [0.25, 0.3) is 0 Å². The number of unbranched alkanes of at least 4 members (excludes halogenated alkanes) is 1. The van der Waals surface area contributed by atoms with Crippen molar-refractivity contribution in [1.29, 1.82) is 0 Å². The molecule has 11 heavy (non-hydrogen) atoms. The molecule has 0 rings (SSSR count). The summed E-state index contributed by atoms with van der Waals surface area (Å²) in [5.74, 6) is -0.927. The zero-order chi connectivity index (χ0) is 7.98. The first kappa shape index (κ1) is 13.3. The lowest BCUT2D eigenvalue weighted by Crippen LogP contribution is -3.00. The summed E-state index contributed by atoms with van der Waals surface area (Å²) in [7, 11) is 0. The van der Waals surface area contributed by atoms with Gasteiger partial charge in [0.05, 0.1) is 6.54 Å². The summed E-state index contributed by atoms with van der Waals surface area (Å²) in [6.07, 6.45) is 2.82. The van der Waals surface area contributed by atoms with E-state index in [2.05, 4.69) is 12.7 Å². The van der Waals surface area contributed by atoms with E-state index in [4.69, 9.17) is 5.11 Å². The smallest absolute Gasteiger partial charge is 0.312 e. The summed E-state index contributed by atoms with van der Waals surface area (Å²) < 4.78 is 0. The van der Waals surface area contributed by atoms with Gasteiger partial charge in [-0.25, -0.2) is 0 Å². The van der Waals surface area contributed by atoms with E-state index in [1.807, 2.05) is 0 Å². The van der Waals surface area contributed by atoms with Gasteiger partial charge in [0.25, 0.3) is 0 Å². The fourth-order valence-corrected chi connectivity index (χ4v) is 0.842. The molecule has 0 aromatic rings. The summed E-state index contributed by atoms with van der Waals surface area (Å²) in [4.78, 5) is 10.4. The minimum Gasteiger partial charge on any atom is -1.00 e. The number of aliphatic carboxylic acids is 1. The predicted octanol–water partition coefficient (Wildman–Crippen LogP) is -2.88. The highest BCUT2D eigenvalue weighted by Crippen LogP contribution is 2.05. The minimum atomic E-state index is -0.705. The molecule has 0 fully saturated rings. The lowest BCUT2D eigenvalue weighted by Gasteiger charge is -2.04. The lowest BCUT2D eigenvalue weighted by atomic mass is 10.0. The number of rotatable bonds is 5. The van der Waals surface area contributed by atoms with E-state index in [0.717, 1.165) is 19.3 Å². The quantitative estimate of drug-likeness (QED) is 0.479. The Morgan fingerprint density at radius 2 is 2.18 bits per heavy atom. The van der Waals surface area contributed by atoms with Crippen molar-refractivity contribution in [2.75, 3.05) is 6.54 Å². The Morgan fingerprint density at radius 3 is 2.45 bits per heavy atom. The second-order valence-corrected chi connectivity index (χ2v) is 2.47. The van der Waals surface area contributed by atoms with Gasteiger partial charge in [-0.2, -0.15) is 0 Å². The van der Waals surface area contributed by atoms with E-state index < -0.39 is 5.97 Å². The molecule has 0 aromatic carbocycles. The largest absolute Gasteiger partial charge is 1.00 e. The van der Waals surface area contributed by atoms with E-state index in [1.54, 1.807) is 0 Å². The molecule has 4 heteroatoms. The average Bonchev–Trinajstić information content (AvgIpc) is 1.89. The molecule has 0 spiro atoms. The van der Waals surface area contributed by atoms with Gasteiger partial charge in [-0.05, 0) is 6.42 Å². The van der Waals surface area contributed by atoms with Crippen LogP contribution in [0, 0.1) is 5.92 Å². The fraction of sp³-hybridized carbons (Fsp3) is 0.857. The maximum atomic E-state index is 10.4. The van der Waals surface area contributed by atoms with Gasteiger partial charge in [0.2, 0.25) is 0 Å². The number of carbonyl (C=O) groups is 1. The molecular weight excluding hydrogens is 166 g/mol. The predicted molar refractivity (Wildman–Crippen MR) is 38.4 cm³/mol. The molecule has 0 aliphatic rings. The van der Waals surface area contributed by atoms with E-state index in [-0.39, 0.29) is 18.3 Å². The van der Waals surface area contributed by atoms with E-state index in [9.17, 15) is 4.79 Å². The number of hydrogen-bond donors (Lipinski definition) is 2. The van der Waals surface area contributed by atoms with E-state index >= 15 is 0 Å². The van der Waals surface area contributed by atoms with Crippen LogP contribution < -0.4 is 18.1 Å². The second-order valence-electron chi connectivity index (χ2n) is 2.47. The average molecular weight is 182 g/mol. The molecule has 0 bridgehead atoms. The number of halogens is 1. The van der Waals surface area contributed by atoms with Crippen molar-refractivity contribution in [3.8, 4) is 0 Å². The molecule has 0 heterocycles. The Kier molecular flexibility index (Phi) is 9.47. The first-order valence-electron chi connectivity index (χ1n) is 3.74. The maximum absolute atomic E-state index is 10.4. The fourth-order valence-electron chi connectivity index (χ4n) is 0.842. The van der Waals surface area contributed by atoms with Crippen LogP contribution in [0.3, 0.4) is 0 Å².